The van der Waals surface area contributed by atoms with Gasteiger partial charge in [-0.1, -0.05) is 62.4 Å². The summed E-state index contributed by atoms with van der Waals surface area (Å²) in [5.41, 5.74) is -0.585. The zero-order valence-electron chi connectivity index (χ0n) is 21.0. The molecule has 0 bridgehead atoms. The van der Waals surface area contributed by atoms with Crippen molar-refractivity contribution < 1.29 is 42.9 Å². The van der Waals surface area contributed by atoms with Gasteiger partial charge in [-0.3, -0.25) is 18.9 Å². The van der Waals surface area contributed by atoms with E-state index >= 15 is 0 Å². The first-order chi connectivity index (χ1) is 17.5. The van der Waals surface area contributed by atoms with Crippen LogP contribution in [0.15, 0.2) is 60.7 Å². The maximum absolute atomic E-state index is 13.8. The van der Waals surface area contributed by atoms with E-state index in [0.717, 1.165) is 0 Å². The first-order valence-corrected chi connectivity index (χ1v) is 13.1. The molecule has 11 nitrogen and oxygen atoms in total. The second-order valence-electron chi connectivity index (χ2n) is 8.89. The van der Waals surface area contributed by atoms with Crippen LogP contribution >= 0.6 is 7.75 Å². The highest BCUT2D eigenvalue weighted by Crippen LogP contribution is 2.46. The number of hydrogen-bond donors (Lipinski definition) is 4. The lowest BCUT2D eigenvalue weighted by atomic mass is 9.87. The number of hydrogen-bond acceptors (Lipinski definition) is 8. The number of esters is 1. The number of ether oxygens (including phenoxy) is 1. The van der Waals surface area contributed by atoms with Crippen molar-refractivity contribution in [3.63, 3.8) is 0 Å². The van der Waals surface area contributed by atoms with Gasteiger partial charge in [-0.25, -0.2) is 4.57 Å². The van der Waals surface area contributed by atoms with E-state index in [0.29, 0.717) is 5.56 Å². The SMILES string of the molecule is COC(=O)CCNC(=O)C(O)C(C)(C)COP(=O)(NC(Cc1ccccc1)C(=O)O)Oc1ccccc1. The molecule has 2 aromatic carbocycles. The highest BCUT2D eigenvalue weighted by Gasteiger charge is 2.39. The molecule has 0 fully saturated rings. The third-order valence-corrected chi connectivity index (χ3v) is 6.86. The molecule has 4 N–H and O–H groups in total. The number of methoxy groups -OCH3 is 1. The number of carboxylic acids is 1. The molecule has 12 heteroatoms. The maximum atomic E-state index is 13.8. The zero-order valence-corrected chi connectivity index (χ0v) is 21.9. The first-order valence-electron chi connectivity index (χ1n) is 11.5. The zero-order chi connectivity index (χ0) is 27.5. The Balaban J connectivity index is 2.16. The molecule has 37 heavy (non-hydrogen) atoms. The third-order valence-electron chi connectivity index (χ3n) is 5.31. The summed E-state index contributed by atoms with van der Waals surface area (Å²) in [6.45, 7) is 2.52. The molecular weight excluding hydrogens is 503 g/mol. The molecule has 0 saturated carbocycles. The van der Waals surface area contributed by atoms with Gasteiger partial charge < -0.3 is 24.8 Å². The van der Waals surface area contributed by atoms with Crippen molar-refractivity contribution in [2.24, 2.45) is 5.41 Å². The van der Waals surface area contributed by atoms with E-state index in [9.17, 15) is 29.2 Å². The first kappa shape index (κ1) is 30.0. The summed E-state index contributed by atoms with van der Waals surface area (Å²) >= 11 is 0. The van der Waals surface area contributed by atoms with Gasteiger partial charge in [0.05, 0.1) is 20.1 Å². The topological polar surface area (TPSA) is 160 Å². The summed E-state index contributed by atoms with van der Waals surface area (Å²) in [4.78, 5) is 35.6. The van der Waals surface area contributed by atoms with E-state index in [-0.39, 0.29) is 25.1 Å². The predicted octanol–water partition coefficient (Wildman–Crippen LogP) is 2.54. The fourth-order valence-electron chi connectivity index (χ4n) is 3.11. The van der Waals surface area contributed by atoms with Crippen LogP contribution in [0, 0.1) is 5.41 Å². The molecule has 202 valence electrons. The highest BCUT2D eigenvalue weighted by molar-refractivity contribution is 7.52. The molecular formula is C25H33N2O9P. The van der Waals surface area contributed by atoms with Crippen molar-refractivity contribution in [2.45, 2.75) is 38.8 Å². The smallest absolute Gasteiger partial charge is 0.459 e. The van der Waals surface area contributed by atoms with Crippen LogP contribution in [0.4, 0.5) is 0 Å². The fraction of sp³-hybridized carbons (Fsp3) is 0.400. The minimum atomic E-state index is -4.33. The fourth-order valence-corrected chi connectivity index (χ4v) is 4.78. The van der Waals surface area contributed by atoms with Crippen LogP contribution in [0.5, 0.6) is 5.75 Å². The molecule has 0 aromatic heterocycles. The van der Waals surface area contributed by atoms with Gasteiger partial charge in [0.15, 0.2) is 0 Å². The molecule has 0 radical (unpaired) electrons. The minimum Gasteiger partial charge on any atom is -0.480 e. The average molecular weight is 537 g/mol. The Morgan fingerprint density at radius 2 is 1.62 bits per heavy atom. The van der Waals surface area contributed by atoms with Gasteiger partial charge in [-0.2, -0.15) is 5.09 Å². The predicted molar refractivity (Wildman–Crippen MR) is 135 cm³/mol. The number of amides is 1. The lowest BCUT2D eigenvalue weighted by Gasteiger charge is -2.31. The number of aliphatic hydroxyl groups excluding tert-OH is 1. The van der Waals surface area contributed by atoms with Crippen molar-refractivity contribution in [1.29, 1.82) is 0 Å². The Bertz CT molecular complexity index is 1080. The third kappa shape index (κ3) is 9.97. The molecule has 0 aliphatic heterocycles. The van der Waals surface area contributed by atoms with E-state index in [1.807, 2.05) is 0 Å². The normalized spacial score (nSPS) is 14.6. The number of rotatable bonds is 15. The second kappa shape index (κ2) is 13.9. The summed E-state index contributed by atoms with van der Waals surface area (Å²) in [5, 5.41) is 25.3. The molecule has 0 aliphatic rings. The van der Waals surface area contributed by atoms with Gasteiger partial charge in [0.1, 0.15) is 17.9 Å². The summed E-state index contributed by atoms with van der Waals surface area (Å²) < 4.78 is 29.4. The Morgan fingerprint density at radius 3 is 2.19 bits per heavy atom. The van der Waals surface area contributed by atoms with Crippen molar-refractivity contribution in [1.82, 2.24) is 10.4 Å². The van der Waals surface area contributed by atoms with E-state index in [2.05, 4.69) is 15.1 Å². The lowest BCUT2D eigenvalue weighted by molar-refractivity contribution is -0.141. The second-order valence-corrected chi connectivity index (χ2v) is 10.6. The maximum Gasteiger partial charge on any atom is 0.459 e. The number of aliphatic carboxylic acids is 1. The van der Waals surface area contributed by atoms with Crippen molar-refractivity contribution >= 4 is 25.6 Å². The molecule has 1 amide bonds. The number of para-hydroxylation sites is 1. The van der Waals surface area contributed by atoms with E-state index in [1.165, 1.54) is 33.1 Å². The van der Waals surface area contributed by atoms with E-state index in [1.54, 1.807) is 48.5 Å². The standard InChI is InChI=1S/C25H33N2O9P/c1-25(2,22(29)23(30)26-15-14-21(28)34-3)17-35-37(33,36-19-12-8-5-9-13-19)27-20(24(31)32)16-18-10-6-4-7-11-18/h4-13,20,22,29H,14-17H2,1-3H3,(H,26,30)(H,27,33)(H,31,32). The highest BCUT2D eigenvalue weighted by atomic mass is 31.2. The molecule has 2 rings (SSSR count). The van der Waals surface area contributed by atoms with Gasteiger partial charge in [-0.05, 0) is 24.1 Å². The van der Waals surface area contributed by atoms with Crippen molar-refractivity contribution in [3.05, 3.63) is 66.2 Å². The van der Waals surface area contributed by atoms with Crippen molar-refractivity contribution in [3.8, 4) is 5.75 Å². The Labute approximate surface area is 215 Å². The van der Waals surface area contributed by atoms with Gasteiger partial charge in [0, 0.05) is 12.0 Å². The monoisotopic (exact) mass is 536 g/mol. The number of carboxylic acid groups (broad SMARTS) is 1. The molecule has 3 atom stereocenters. The number of benzene rings is 2. The molecule has 0 spiro atoms. The lowest BCUT2D eigenvalue weighted by Crippen LogP contribution is -2.47. The Morgan fingerprint density at radius 1 is 1.03 bits per heavy atom. The van der Waals surface area contributed by atoms with Gasteiger partial charge in [-0.15, -0.1) is 0 Å². The quantitative estimate of drug-likeness (QED) is 0.197. The number of carbonyl (C=O) groups excluding carboxylic acids is 2. The molecule has 0 heterocycles. The molecule has 3 unspecified atom stereocenters. The molecule has 0 saturated heterocycles. The van der Waals surface area contributed by atoms with Gasteiger partial charge in [0.25, 0.3) is 0 Å². The van der Waals surface area contributed by atoms with Crippen LogP contribution in [-0.2, 0) is 34.6 Å². The van der Waals surface area contributed by atoms with E-state index in [4.69, 9.17) is 9.05 Å². The van der Waals surface area contributed by atoms with Gasteiger partial charge >= 0.3 is 19.7 Å². The van der Waals surface area contributed by atoms with E-state index < -0.39 is 49.8 Å². The minimum absolute atomic E-state index is 0.00368. The summed E-state index contributed by atoms with van der Waals surface area (Å²) in [6.07, 6.45) is -1.68. The van der Waals surface area contributed by atoms with Gasteiger partial charge in [0.2, 0.25) is 5.91 Å². The Kier molecular flexibility index (Phi) is 11.3. The molecule has 2 aromatic rings. The van der Waals surface area contributed by atoms with Crippen molar-refractivity contribution in [2.75, 3.05) is 20.3 Å². The van der Waals surface area contributed by atoms with Crippen LogP contribution in [0.1, 0.15) is 25.8 Å². The van der Waals surface area contributed by atoms with Crippen LogP contribution in [0.3, 0.4) is 0 Å². The summed E-state index contributed by atoms with van der Waals surface area (Å²) in [5.74, 6) is -2.39. The number of carbonyl (C=O) groups is 3. The van der Waals surface area contributed by atoms with Crippen LogP contribution in [-0.4, -0.2) is 60.5 Å². The summed E-state index contributed by atoms with van der Waals surface area (Å²) in [7, 11) is -3.11. The molecule has 0 aliphatic carbocycles. The number of aliphatic hydroxyl groups is 1. The average Bonchev–Trinajstić information content (AvgIpc) is 2.87. The summed E-state index contributed by atoms with van der Waals surface area (Å²) in [6, 6.07) is 15.5. The van der Waals surface area contributed by atoms with Crippen LogP contribution in [0.2, 0.25) is 0 Å². The van der Waals surface area contributed by atoms with Crippen LogP contribution < -0.4 is 14.9 Å². The number of nitrogens with one attached hydrogen (secondary N) is 2. The van der Waals surface area contributed by atoms with Crippen LogP contribution in [0.25, 0.3) is 0 Å². The Hall–Kier alpha value is -3.24. The largest absolute Gasteiger partial charge is 0.480 e.